The van der Waals surface area contributed by atoms with E-state index in [0.717, 1.165) is 38.4 Å². The Balaban J connectivity index is 1.77. The smallest absolute Gasteiger partial charge is 0.242 e. The van der Waals surface area contributed by atoms with Gasteiger partial charge in [0.15, 0.2) is 0 Å². The summed E-state index contributed by atoms with van der Waals surface area (Å²) < 4.78 is 5.31. The van der Waals surface area contributed by atoms with Gasteiger partial charge < -0.3 is 15.4 Å². The molecule has 1 atom stereocenters. The zero-order chi connectivity index (χ0) is 18.1. The van der Waals surface area contributed by atoms with Crippen molar-refractivity contribution in [2.45, 2.75) is 26.3 Å². The summed E-state index contributed by atoms with van der Waals surface area (Å²) in [6.45, 7) is 8.56. The lowest BCUT2D eigenvalue weighted by atomic mass is 10.0. The van der Waals surface area contributed by atoms with E-state index in [4.69, 9.17) is 4.74 Å². The predicted molar refractivity (Wildman–Crippen MR) is 97.2 cm³/mol. The lowest BCUT2D eigenvalue weighted by molar-refractivity contribution is -0.129. The van der Waals surface area contributed by atoms with E-state index in [1.54, 1.807) is 0 Å². The third-order valence-corrected chi connectivity index (χ3v) is 4.30. The first-order valence-corrected chi connectivity index (χ1v) is 8.97. The molecule has 0 aliphatic carbocycles. The third-order valence-electron chi connectivity index (χ3n) is 4.30. The zero-order valence-corrected chi connectivity index (χ0v) is 15.2. The number of carbonyl (C=O) groups is 2. The highest BCUT2D eigenvalue weighted by Crippen LogP contribution is 2.05. The number of hydrogen-bond acceptors (Lipinski definition) is 4. The molecule has 2 amide bonds. The summed E-state index contributed by atoms with van der Waals surface area (Å²) >= 11 is 0. The fourth-order valence-corrected chi connectivity index (χ4v) is 2.81. The molecule has 1 saturated heterocycles. The number of morpholine rings is 1. The quantitative estimate of drug-likeness (QED) is 0.730. The normalized spacial score (nSPS) is 16.4. The first kappa shape index (κ1) is 19.4. The molecule has 2 rings (SSSR count). The summed E-state index contributed by atoms with van der Waals surface area (Å²) in [5.41, 5.74) is 0.940. The first-order valence-electron chi connectivity index (χ1n) is 8.97. The molecule has 0 radical (unpaired) electrons. The molecule has 138 valence electrons. The van der Waals surface area contributed by atoms with Crippen LogP contribution in [0.5, 0.6) is 0 Å². The molecule has 1 fully saturated rings. The highest BCUT2D eigenvalue weighted by atomic mass is 16.5. The van der Waals surface area contributed by atoms with E-state index in [0.29, 0.717) is 6.54 Å². The summed E-state index contributed by atoms with van der Waals surface area (Å²) in [6.07, 6.45) is 0.283. The molecule has 0 unspecified atom stereocenters. The van der Waals surface area contributed by atoms with Crippen LogP contribution in [0.25, 0.3) is 0 Å². The number of nitrogens with one attached hydrogen (secondary N) is 2. The maximum Gasteiger partial charge on any atom is 0.242 e. The number of carbonyl (C=O) groups excluding carboxylic acids is 2. The minimum absolute atomic E-state index is 0.0307. The number of hydrogen-bond donors (Lipinski definition) is 2. The molecule has 0 saturated carbocycles. The fourth-order valence-electron chi connectivity index (χ4n) is 2.81. The van der Waals surface area contributed by atoms with Crippen molar-refractivity contribution in [3.05, 3.63) is 35.9 Å². The Morgan fingerprint density at radius 3 is 2.48 bits per heavy atom. The number of ether oxygens (including phenoxy) is 1. The summed E-state index contributed by atoms with van der Waals surface area (Å²) in [5, 5.41) is 5.81. The topological polar surface area (TPSA) is 70.7 Å². The van der Waals surface area contributed by atoms with E-state index in [1.807, 2.05) is 44.2 Å². The van der Waals surface area contributed by atoms with Crippen LogP contribution in [-0.4, -0.2) is 62.1 Å². The molecule has 6 heteroatoms. The van der Waals surface area contributed by atoms with E-state index >= 15 is 0 Å². The molecule has 25 heavy (non-hydrogen) atoms. The van der Waals surface area contributed by atoms with Crippen molar-refractivity contribution in [2.75, 3.05) is 39.4 Å². The average Bonchev–Trinajstić information content (AvgIpc) is 2.61. The van der Waals surface area contributed by atoms with Crippen molar-refractivity contribution < 1.29 is 14.3 Å². The summed E-state index contributed by atoms with van der Waals surface area (Å²) in [4.78, 5) is 27.0. The minimum atomic E-state index is -0.513. The van der Waals surface area contributed by atoms with Crippen LogP contribution in [0.2, 0.25) is 0 Å². The van der Waals surface area contributed by atoms with Crippen LogP contribution in [0.15, 0.2) is 30.3 Å². The number of nitrogens with zero attached hydrogens (tertiary/aromatic N) is 1. The van der Waals surface area contributed by atoms with Crippen molar-refractivity contribution in [3.8, 4) is 0 Å². The van der Waals surface area contributed by atoms with Gasteiger partial charge in [0.25, 0.3) is 0 Å². The van der Waals surface area contributed by atoms with Crippen LogP contribution in [0.4, 0.5) is 0 Å². The second kappa shape index (κ2) is 10.2. The van der Waals surface area contributed by atoms with E-state index in [2.05, 4.69) is 15.5 Å². The van der Waals surface area contributed by atoms with Crippen LogP contribution in [0, 0.1) is 5.92 Å². The monoisotopic (exact) mass is 347 g/mol. The molecule has 0 bridgehead atoms. The molecule has 2 N–H and O–H groups in total. The molecule has 6 nitrogen and oxygen atoms in total. The van der Waals surface area contributed by atoms with Crippen molar-refractivity contribution in [1.29, 1.82) is 0 Å². The Bertz CT molecular complexity index is 542. The van der Waals surface area contributed by atoms with Gasteiger partial charge in [-0.25, -0.2) is 0 Å². The molecule has 1 aliphatic heterocycles. The lowest BCUT2D eigenvalue weighted by Crippen LogP contribution is -2.51. The van der Waals surface area contributed by atoms with E-state index in [9.17, 15) is 9.59 Å². The molecule has 1 aromatic rings. The SMILES string of the molecule is CC(C)[C@H](NC(=O)Cc1ccccc1)C(=O)NCCN1CCOCC1. The van der Waals surface area contributed by atoms with Gasteiger partial charge in [-0.3, -0.25) is 14.5 Å². The Morgan fingerprint density at radius 1 is 1.16 bits per heavy atom. The van der Waals surface area contributed by atoms with E-state index in [-0.39, 0.29) is 24.2 Å². The molecule has 0 spiro atoms. The molecular weight excluding hydrogens is 318 g/mol. The van der Waals surface area contributed by atoms with Gasteiger partial charge in [0, 0.05) is 26.2 Å². The number of rotatable bonds is 8. The zero-order valence-electron chi connectivity index (χ0n) is 15.2. The van der Waals surface area contributed by atoms with Gasteiger partial charge in [-0.1, -0.05) is 44.2 Å². The summed E-state index contributed by atoms with van der Waals surface area (Å²) in [5.74, 6) is -0.221. The number of amides is 2. The molecule has 1 aliphatic rings. The first-order chi connectivity index (χ1) is 12.1. The predicted octanol–water partition coefficient (Wildman–Crippen LogP) is 0.818. The van der Waals surface area contributed by atoms with E-state index < -0.39 is 6.04 Å². The minimum Gasteiger partial charge on any atom is -0.379 e. The maximum atomic E-state index is 12.4. The Hall–Kier alpha value is -1.92. The Labute approximate surface area is 149 Å². The second-order valence-electron chi connectivity index (χ2n) is 6.70. The van der Waals surface area contributed by atoms with Crippen LogP contribution < -0.4 is 10.6 Å². The molecule has 0 aromatic heterocycles. The maximum absolute atomic E-state index is 12.4. The Kier molecular flexibility index (Phi) is 7.88. The molecular formula is C19H29N3O3. The summed E-state index contributed by atoms with van der Waals surface area (Å²) in [6, 6.07) is 9.03. The second-order valence-corrected chi connectivity index (χ2v) is 6.70. The lowest BCUT2D eigenvalue weighted by Gasteiger charge is -2.27. The summed E-state index contributed by atoms with van der Waals surface area (Å²) in [7, 11) is 0. The van der Waals surface area contributed by atoms with Crippen LogP contribution in [-0.2, 0) is 20.7 Å². The molecule has 1 heterocycles. The average molecular weight is 347 g/mol. The van der Waals surface area contributed by atoms with Gasteiger partial charge in [-0.15, -0.1) is 0 Å². The third kappa shape index (κ3) is 6.84. The number of benzene rings is 1. The van der Waals surface area contributed by atoms with Gasteiger partial charge in [-0.05, 0) is 11.5 Å². The van der Waals surface area contributed by atoms with Crippen molar-refractivity contribution in [3.63, 3.8) is 0 Å². The fraction of sp³-hybridized carbons (Fsp3) is 0.579. The Morgan fingerprint density at radius 2 is 1.84 bits per heavy atom. The van der Waals surface area contributed by atoms with Gasteiger partial charge in [-0.2, -0.15) is 0 Å². The van der Waals surface area contributed by atoms with Gasteiger partial charge in [0.05, 0.1) is 19.6 Å². The van der Waals surface area contributed by atoms with Crippen molar-refractivity contribution in [2.24, 2.45) is 5.92 Å². The van der Waals surface area contributed by atoms with Crippen LogP contribution in [0.1, 0.15) is 19.4 Å². The van der Waals surface area contributed by atoms with Crippen LogP contribution >= 0.6 is 0 Å². The molecule has 1 aromatic carbocycles. The largest absolute Gasteiger partial charge is 0.379 e. The van der Waals surface area contributed by atoms with Crippen LogP contribution in [0.3, 0.4) is 0 Å². The van der Waals surface area contributed by atoms with Gasteiger partial charge >= 0.3 is 0 Å². The van der Waals surface area contributed by atoms with E-state index in [1.165, 1.54) is 0 Å². The van der Waals surface area contributed by atoms with Crippen molar-refractivity contribution in [1.82, 2.24) is 15.5 Å². The van der Waals surface area contributed by atoms with Gasteiger partial charge in [0.2, 0.25) is 11.8 Å². The highest BCUT2D eigenvalue weighted by molar-refractivity contribution is 5.88. The van der Waals surface area contributed by atoms with Crippen molar-refractivity contribution >= 4 is 11.8 Å². The highest BCUT2D eigenvalue weighted by Gasteiger charge is 2.24. The standard InChI is InChI=1S/C19H29N3O3/c1-15(2)18(21-17(23)14-16-6-4-3-5-7-16)19(24)20-8-9-22-10-12-25-13-11-22/h3-7,15,18H,8-14H2,1-2H3,(H,20,24)(H,21,23)/t18-/m0/s1. The van der Waals surface area contributed by atoms with Gasteiger partial charge in [0.1, 0.15) is 6.04 Å².